The summed E-state index contributed by atoms with van der Waals surface area (Å²) >= 11 is 1.85. The molecule has 0 spiro atoms. The highest BCUT2D eigenvalue weighted by Gasteiger charge is 2.55. The maximum Gasteiger partial charge on any atom is 0.328 e. The summed E-state index contributed by atoms with van der Waals surface area (Å²) in [5.74, 6) is -13.0. The van der Waals surface area contributed by atoms with Gasteiger partial charge in [-0.3, -0.25) is 33.6 Å². The van der Waals surface area contributed by atoms with E-state index in [1.165, 1.54) is 18.2 Å². The van der Waals surface area contributed by atoms with Crippen molar-refractivity contribution in [2.45, 2.75) is 198 Å². The van der Waals surface area contributed by atoms with Crippen LogP contribution >= 0.6 is 44.2 Å². The molecule has 40 heteroatoms. The second-order valence-corrected chi connectivity index (χ2v) is 30.1. The van der Waals surface area contributed by atoms with Crippen LogP contribution in [0.1, 0.15) is 49.8 Å². The van der Waals surface area contributed by atoms with Gasteiger partial charge < -0.3 is 148 Å². The van der Waals surface area contributed by atoms with Gasteiger partial charge in [-0.2, -0.15) is 0 Å². The molecule has 0 radical (unpaired) electrons. The number of nitrogens with two attached hydrogens (primary N) is 1. The number of ether oxygens (including phenoxy) is 5. The van der Waals surface area contributed by atoms with E-state index in [1.54, 1.807) is 60.8 Å². The maximum atomic E-state index is 15.4. The Morgan fingerprint density at radius 1 is 0.710 bits per heavy atom. The normalized spacial score (nSPS) is 32.2. The van der Waals surface area contributed by atoms with Crippen molar-refractivity contribution in [3.63, 3.8) is 0 Å². The van der Waals surface area contributed by atoms with Crippen molar-refractivity contribution in [3.05, 3.63) is 99.3 Å². The number of aromatic hydroxyl groups is 1. The summed E-state index contributed by atoms with van der Waals surface area (Å²) < 4.78 is 28.5. The van der Waals surface area contributed by atoms with Crippen LogP contribution in [0.5, 0.6) is 5.75 Å². The molecular weight excluding hydrogens is 1560 g/mol. The topological polar surface area (TPSA) is 604 Å². The van der Waals surface area contributed by atoms with Gasteiger partial charge in [-0.1, -0.05) is 76.2 Å². The molecule has 25 N–H and O–H groups in total. The van der Waals surface area contributed by atoms with E-state index in [1.807, 2.05) is 22.6 Å². The molecule has 3 aromatic carbocycles. The average Bonchev–Trinajstić information content (AvgIpc) is 1.34. The van der Waals surface area contributed by atoms with Crippen molar-refractivity contribution < 1.29 is 134 Å². The van der Waals surface area contributed by atoms with Gasteiger partial charge in [0.2, 0.25) is 47.1 Å². The van der Waals surface area contributed by atoms with Gasteiger partial charge in [-0.15, -0.1) is 0 Å². The van der Waals surface area contributed by atoms with Crippen molar-refractivity contribution in [2.75, 3.05) is 44.4 Å². The first-order valence-corrected chi connectivity index (χ1v) is 37.9. The number of aliphatic carboxylic acids is 1. The lowest BCUT2D eigenvalue weighted by atomic mass is 9.94. The number of phenolic OH excluding ortho intramolecular Hbond substituents is 1. The van der Waals surface area contributed by atoms with Gasteiger partial charge in [0.1, 0.15) is 109 Å². The molecule has 107 heavy (non-hydrogen) atoms. The number of halogens is 1. The lowest BCUT2D eigenvalue weighted by molar-refractivity contribution is -0.383. The Morgan fingerprint density at radius 2 is 1.33 bits per heavy atom. The minimum Gasteiger partial charge on any atom is -0.507 e. The number of aromatic amines is 1. The zero-order valence-electron chi connectivity index (χ0n) is 57.8. The Balaban J connectivity index is 1.12. The number of unbranched alkanes of at least 4 members (excludes halogenated alkanes) is 1. The molecule has 0 saturated carbocycles. The Labute approximate surface area is 633 Å². The standard InChI is InChI=1S/C67H93IN10O27S2/c1-29(81)47-63(97)76-42(62(96)78-48(30(2)82)64(98)99)27-107-106-26-41(61(95)73-39(20-32-15-16-43(83)35(68)18-32)59(93)74-40(21-33-22-70-36-13-7-6-12-34(33)36)60(94)72-37(57(91)77-47)14-8-9-17-69)75-58(92)38(19-31-10-4-3-5-11-31)71-28-67(100)56(90)54(44(84)25-101-67)104-66-53(89)51(87)55(46(24-80)103-66)105-65-52(88)50(86)49(85)45(23-79)102-65/h3-7,10-13,15-16,18,22,29-30,37-42,44-56,65-66,70-71,79-90,100H,8-9,14,17,19-21,23-28,69H2,1-2H3,(H,72,94)(H,73,95)(H,74,93)(H,75,92)(H,76,97)(H,77,91)(H,78,96)(H,98,99)/t29?,30?,37-,38?,39-,40+,41?,42-,44?,45?,46?,47-,48-,49+,50-,51+,52?,53?,54+,55+,56?,65-,66-,67?/m0/s1/i68-4. The third-order valence-corrected chi connectivity index (χ3v) is 21.7. The molecule has 592 valence electrons. The summed E-state index contributed by atoms with van der Waals surface area (Å²) in [5, 5.41) is 173. The van der Waals surface area contributed by atoms with Crippen LogP contribution in [0.2, 0.25) is 0 Å². The van der Waals surface area contributed by atoms with Gasteiger partial charge in [-0.25, -0.2) is 4.79 Å². The minimum atomic E-state index is -2.84. The summed E-state index contributed by atoms with van der Waals surface area (Å²) in [5.41, 5.74) is 7.82. The molecule has 4 fully saturated rings. The quantitative estimate of drug-likeness (QED) is 0.0158. The van der Waals surface area contributed by atoms with Crippen LogP contribution in [0.15, 0.2) is 79.0 Å². The molecule has 4 aromatic rings. The first-order chi connectivity index (χ1) is 50.9. The number of fused-ring (bicyclic) bond motifs is 1. The number of rotatable bonds is 26. The number of aliphatic hydroxyl groups is 12. The number of aliphatic hydroxyl groups excluding tert-OH is 11. The van der Waals surface area contributed by atoms with E-state index in [9.17, 15) is 90.7 Å². The second-order valence-electron chi connectivity index (χ2n) is 26.4. The monoisotopic (exact) mass is 1660 g/mol. The van der Waals surface area contributed by atoms with E-state index in [0.29, 0.717) is 37.6 Å². The molecule has 4 aliphatic rings. The van der Waals surface area contributed by atoms with Crippen LogP contribution in [0.25, 0.3) is 10.9 Å². The first kappa shape index (κ1) is 86.0. The van der Waals surface area contributed by atoms with Gasteiger partial charge in [0.15, 0.2) is 18.6 Å². The molecule has 1 aromatic heterocycles. The first-order valence-electron chi connectivity index (χ1n) is 34.3. The van der Waals surface area contributed by atoms with E-state index in [0.717, 1.165) is 35.4 Å². The van der Waals surface area contributed by atoms with Gasteiger partial charge in [0, 0.05) is 41.4 Å². The molecule has 4 saturated heterocycles. The Kier molecular flexibility index (Phi) is 32.1. The van der Waals surface area contributed by atoms with Crippen molar-refractivity contribution in [1.82, 2.24) is 47.5 Å². The number of aromatic nitrogens is 1. The van der Waals surface area contributed by atoms with E-state index in [-0.39, 0.29) is 44.4 Å². The Hall–Kier alpha value is -6.57. The molecule has 5 heterocycles. The Morgan fingerprint density at radius 3 is 1.98 bits per heavy atom. The number of carboxylic acid groups (broad SMARTS) is 1. The lowest BCUT2D eigenvalue weighted by Crippen LogP contribution is -2.69. The van der Waals surface area contributed by atoms with E-state index in [4.69, 9.17) is 29.4 Å². The van der Waals surface area contributed by atoms with Gasteiger partial charge in [0.05, 0.1) is 48.2 Å². The van der Waals surface area contributed by atoms with Crippen molar-refractivity contribution >= 4 is 102 Å². The average molecular weight is 1660 g/mol. The summed E-state index contributed by atoms with van der Waals surface area (Å²) in [6.07, 6.45) is -27.3. The number of carboxylic acids is 1. The van der Waals surface area contributed by atoms with E-state index in [2.05, 4.69) is 47.5 Å². The second kappa shape index (κ2) is 39.9. The number of hydrogen-bond donors (Lipinski definition) is 24. The van der Waals surface area contributed by atoms with Gasteiger partial charge >= 0.3 is 5.97 Å². The van der Waals surface area contributed by atoms with Crippen molar-refractivity contribution in [1.29, 1.82) is 0 Å². The number of carbonyl (C=O) groups is 8. The number of carbonyl (C=O) groups excluding carboxylic acids is 7. The number of phenols is 1. The predicted molar refractivity (Wildman–Crippen MR) is 385 cm³/mol. The SMILES string of the molecule is CC(O)[C@H](NC(=O)[C@@H]1CSSCC(NC(=O)C(Cc2ccccc2)NCC2(O)OCC(O)[C@@H](O[C@@H]3OC(CO)[C@@H](O[C@@H]4OC(CO)[C@@H](O)[C@H](O)C4O)[C@H](O)C3O)C2O)C(=O)N[C@@H](Cc2ccc(O)c([123I])c2)C(=O)N[C@H](Cc2c[nH]c3ccccc23)C(=O)N[C@@H](CCCCN)C(=O)N[C@@H](C(C)O)C(=O)N1)C(=O)O. The van der Waals surface area contributed by atoms with Crippen LogP contribution in [0.4, 0.5) is 0 Å². The highest BCUT2D eigenvalue weighted by molar-refractivity contribution is 14.1. The summed E-state index contributed by atoms with van der Waals surface area (Å²) in [4.78, 5) is 119. The molecule has 7 amide bonds. The fourth-order valence-electron chi connectivity index (χ4n) is 12.3. The fourth-order valence-corrected chi connectivity index (χ4v) is 15.2. The number of H-pyrrole nitrogens is 1. The molecule has 0 bridgehead atoms. The van der Waals surface area contributed by atoms with Gasteiger partial charge in [-0.05, 0) is 104 Å². The van der Waals surface area contributed by atoms with Crippen LogP contribution in [-0.2, 0) is 81.3 Å². The minimum absolute atomic E-state index is 0.113. The molecule has 8 rings (SSSR count). The third-order valence-electron chi connectivity index (χ3n) is 18.4. The van der Waals surface area contributed by atoms with Crippen LogP contribution in [0, 0.1) is 3.57 Å². The zero-order valence-corrected chi connectivity index (χ0v) is 61.6. The molecule has 24 atom stereocenters. The lowest BCUT2D eigenvalue weighted by Gasteiger charge is -2.48. The van der Waals surface area contributed by atoms with Crippen molar-refractivity contribution in [3.8, 4) is 5.75 Å². The fraction of sp³-hybridized carbons (Fsp3) is 0.582. The highest BCUT2D eigenvalue weighted by atomic mass is 123. The maximum absolute atomic E-state index is 15.4. The van der Waals surface area contributed by atoms with Crippen LogP contribution < -0.4 is 48.3 Å². The Bertz CT molecular complexity index is 3650. The van der Waals surface area contributed by atoms with Crippen LogP contribution in [-0.4, -0.2) is 314 Å². The molecule has 37 nitrogen and oxygen atoms in total. The largest absolute Gasteiger partial charge is 0.507 e. The number of hydrogen-bond acceptors (Lipinski definition) is 30. The van der Waals surface area contributed by atoms with Crippen molar-refractivity contribution in [2.24, 2.45) is 5.73 Å². The number of amides is 7. The predicted octanol–water partition coefficient (Wildman–Crippen LogP) is -7.32. The third kappa shape index (κ3) is 22.6. The zero-order chi connectivity index (χ0) is 78.1. The molecule has 0 aliphatic carbocycles. The summed E-state index contributed by atoms with van der Waals surface area (Å²) in [6, 6.07) is 5.90. The highest BCUT2D eigenvalue weighted by Crippen LogP contribution is 2.34. The number of nitrogens with one attached hydrogen (secondary N) is 9. The van der Waals surface area contributed by atoms with E-state index >= 15 is 19.2 Å². The smallest absolute Gasteiger partial charge is 0.328 e. The van der Waals surface area contributed by atoms with Gasteiger partial charge in [0.25, 0.3) is 0 Å². The molecular formula is C67H93IN10O27S2. The molecule has 4 aliphatic heterocycles. The van der Waals surface area contributed by atoms with Crippen LogP contribution in [0.3, 0.4) is 0 Å². The molecule has 11 unspecified atom stereocenters. The number of para-hydroxylation sites is 1. The van der Waals surface area contributed by atoms with E-state index < -0.39 is 231 Å². The number of benzene rings is 3. The summed E-state index contributed by atoms with van der Waals surface area (Å²) in [6.45, 7) is -1.22. The summed E-state index contributed by atoms with van der Waals surface area (Å²) in [7, 11) is 1.57.